The maximum absolute atomic E-state index is 11.1. The largest absolute Gasteiger partial charge is 0.496 e. The summed E-state index contributed by atoms with van der Waals surface area (Å²) in [5.74, 6) is 1.19. The normalized spacial score (nSPS) is 9.87. The van der Waals surface area contributed by atoms with Crippen molar-refractivity contribution in [1.29, 1.82) is 0 Å². The lowest BCUT2D eigenvalue weighted by Crippen LogP contribution is -2.01. The minimum Gasteiger partial charge on any atom is -0.496 e. The Balaban J connectivity index is 3.22. The van der Waals surface area contributed by atoms with E-state index in [4.69, 9.17) is 21.1 Å². The highest BCUT2D eigenvalue weighted by Gasteiger charge is 2.14. The van der Waals surface area contributed by atoms with Crippen LogP contribution in [0.15, 0.2) is 12.1 Å². The zero-order valence-corrected chi connectivity index (χ0v) is 9.72. The molecule has 0 spiro atoms. The number of hydrogen-bond donors (Lipinski definition) is 0. The Kier molecular flexibility index (Phi) is 3.97. The zero-order valence-electron chi connectivity index (χ0n) is 8.96. The molecule has 0 unspecified atom stereocenters. The third kappa shape index (κ3) is 2.63. The maximum Gasteiger partial charge on any atom is 0.138 e. The van der Waals surface area contributed by atoms with E-state index < -0.39 is 0 Å². The molecule has 0 amide bonds. The smallest absolute Gasteiger partial charge is 0.138 e. The van der Waals surface area contributed by atoms with E-state index in [1.807, 2.05) is 0 Å². The molecular weight excluding hydrogens is 216 g/mol. The molecule has 0 fully saturated rings. The van der Waals surface area contributed by atoms with Crippen LogP contribution in [0.3, 0.4) is 0 Å². The number of benzene rings is 1. The highest BCUT2D eigenvalue weighted by Crippen LogP contribution is 2.34. The van der Waals surface area contributed by atoms with Crippen LogP contribution < -0.4 is 9.47 Å². The lowest BCUT2D eigenvalue weighted by molar-refractivity contribution is -0.116. The Morgan fingerprint density at radius 1 is 1.27 bits per heavy atom. The highest BCUT2D eigenvalue weighted by molar-refractivity contribution is 6.33. The van der Waals surface area contributed by atoms with Gasteiger partial charge in [0.05, 0.1) is 19.2 Å². The topological polar surface area (TPSA) is 35.5 Å². The molecule has 1 aromatic carbocycles. The van der Waals surface area contributed by atoms with Gasteiger partial charge in [-0.1, -0.05) is 11.6 Å². The Morgan fingerprint density at radius 2 is 1.80 bits per heavy atom. The van der Waals surface area contributed by atoms with Gasteiger partial charge in [0, 0.05) is 12.0 Å². The highest BCUT2D eigenvalue weighted by atomic mass is 35.5. The predicted octanol–water partition coefficient (Wildman–Crippen LogP) is 2.49. The molecule has 1 rings (SSSR count). The van der Waals surface area contributed by atoms with Crippen LogP contribution in [0.2, 0.25) is 5.02 Å². The predicted molar refractivity (Wildman–Crippen MR) is 58.9 cm³/mol. The first-order valence-electron chi connectivity index (χ1n) is 4.49. The molecule has 82 valence electrons. The lowest BCUT2D eigenvalue weighted by Gasteiger charge is -2.12. The minimum absolute atomic E-state index is 0.0310. The average Bonchev–Trinajstić information content (AvgIpc) is 2.20. The molecule has 0 aliphatic heterocycles. The fourth-order valence-electron chi connectivity index (χ4n) is 1.34. The third-order valence-electron chi connectivity index (χ3n) is 2.03. The Labute approximate surface area is 93.9 Å². The monoisotopic (exact) mass is 228 g/mol. The fourth-order valence-corrected chi connectivity index (χ4v) is 1.64. The van der Waals surface area contributed by atoms with Crippen LogP contribution in [0.1, 0.15) is 12.5 Å². The van der Waals surface area contributed by atoms with Gasteiger partial charge in [0.15, 0.2) is 0 Å². The molecule has 0 bridgehead atoms. The van der Waals surface area contributed by atoms with Crippen molar-refractivity contribution in [3.63, 3.8) is 0 Å². The van der Waals surface area contributed by atoms with Crippen molar-refractivity contribution in [1.82, 2.24) is 0 Å². The van der Waals surface area contributed by atoms with Crippen LogP contribution in [0, 0.1) is 0 Å². The van der Waals surface area contributed by atoms with Gasteiger partial charge < -0.3 is 9.47 Å². The van der Waals surface area contributed by atoms with E-state index in [1.165, 1.54) is 14.0 Å². The SMILES string of the molecule is COc1ccc(OC)c(CC(C)=O)c1Cl. The third-order valence-corrected chi connectivity index (χ3v) is 2.44. The first kappa shape index (κ1) is 11.9. The van der Waals surface area contributed by atoms with Crippen LogP contribution in [-0.2, 0) is 11.2 Å². The lowest BCUT2D eigenvalue weighted by atomic mass is 10.1. The molecule has 0 heterocycles. The van der Waals surface area contributed by atoms with Crippen molar-refractivity contribution in [2.75, 3.05) is 14.2 Å². The summed E-state index contributed by atoms with van der Waals surface area (Å²) in [6.07, 6.45) is 0.249. The summed E-state index contributed by atoms with van der Waals surface area (Å²) in [6, 6.07) is 3.45. The fraction of sp³-hybridized carbons (Fsp3) is 0.364. The van der Waals surface area contributed by atoms with Crippen molar-refractivity contribution < 1.29 is 14.3 Å². The summed E-state index contributed by atoms with van der Waals surface area (Å²) in [5.41, 5.74) is 0.672. The van der Waals surface area contributed by atoms with Gasteiger partial charge in [-0.3, -0.25) is 4.79 Å². The van der Waals surface area contributed by atoms with Crippen molar-refractivity contribution in [3.8, 4) is 11.5 Å². The summed E-state index contributed by atoms with van der Waals surface area (Å²) in [7, 11) is 3.08. The summed E-state index contributed by atoms with van der Waals surface area (Å²) < 4.78 is 10.2. The van der Waals surface area contributed by atoms with Gasteiger partial charge in [-0.2, -0.15) is 0 Å². The van der Waals surface area contributed by atoms with Gasteiger partial charge in [0.25, 0.3) is 0 Å². The molecule has 0 N–H and O–H groups in total. The first-order valence-corrected chi connectivity index (χ1v) is 4.86. The molecule has 4 heteroatoms. The first-order chi connectivity index (χ1) is 7.10. The van der Waals surface area contributed by atoms with Crippen LogP contribution in [0.4, 0.5) is 0 Å². The van der Waals surface area contributed by atoms with Crippen molar-refractivity contribution in [2.24, 2.45) is 0 Å². The zero-order chi connectivity index (χ0) is 11.4. The molecule has 0 aliphatic rings. The van der Waals surface area contributed by atoms with Crippen molar-refractivity contribution >= 4 is 17.4 Å². The second-order valence-corrected chi connectivity index (χ2v) is 3.52. The molecule has 1 aromatic rings. The Hall–Kier alpha value is -1.22. The second-order valence-electron chi connectivity index (χ2n) is 3.14. The van der Waals surface area contributed by atoms with Gasteiger partial charge in [-0.25, -0.2) is 0 Å². The Morgan fingerprint density at radius 3 is 2.27 bits per heavy atom. The number of halogens is 1. The molecule has 0 saturated heterocycles. The second kappa shape index (κ2) is 5.03. The number of ketones is 1. The van der Waals surface area contributed by atoms with Crippen LogP contribution in [0.25, 0.3) is 0 Å². The van der Waals surface area contributed by atoms with E-state index >= 15 is 0 Å². The number of rotatable bonds is 4. The summed E-state index contributed by atoms with van der Waals surface area (Å²) in [4.78, 5) is 11.1. The maximum atomic E-state index is 11.1. The number of hydrogen-bond acceptors (Lipinski definition) is 3. The van der Waals surface area contributed by atoms with Gasteiger partial charge in [-0.15, -0.1) is 0 Å². The average molecular weight is 229 g/mol. The van der Waals surface area contributed by atoms with Crippen LogP contribution in [-0.4, -0.2) is 20.0 Å². The molecule has 0 aliphatic carbocycles. The molecule has 0 saturated carbocycles. The molecule has 15 heavy (non-hydrogen) atoms. The van der Waals surface area contributed by atoms with E-state index in [0.29, 0.717) is 22.1 Å². The standard InChI is InChI=1S/C11H13ClO3/c1-7(13)6-8-9(14-2)4-5-10(15-3)11(8)12/h4-5H,6H2,1-3H3. The van der Waals surface area contributed by atoms with Crippen molar-refractivity contribution in [3.05, 3.63) is 22.7 Å². The number of methoxy groups -OCH3 is 2. The van der Waals surface area contributed by atoms with Crippen LogP contribution >= 0.6 is 11.6 Å². The quantitative estimate of drug-likeness (QED) is 0.794. The summed E-state index contributed by atoms with van der Waals surface area (Å²) in [5, 5.41) is 0.437. The van der Waals surface area contributed by atoms with Gasteiger partial charge in [-0.05, 0) is 19.1 Å². The summed E-state index contributed by atoms with van der Waals surface area (Å²) >= 11 is 6.08. The van der Waals surface area contributed by atoms with E-state index in [-0.39, 0.29) is 12.2 Å². The molecule has 0 atom stereocenters. The molecule has 0 radical (unpaired) electrons. The number of ether oxygens (including phenoxy) is 2. The molecule has 0 aromatic heterocycles. The van der Waals surface area contributed by atoms with E-state index in [2.05, 4.69) is 0 Å². The van der Waals surface area contributed by atoms with E-state index in [1.54, 1.807) is 19.2 Å². The van der Waals surface area contributed by atoms with Crippen LogP contribution in [0.5, 0.6) is 11.5 Å². The minimum atomic E-state index is 0.0310. The van der Waals surface area contributed by atoms with Crippen molar-refractivity contribution in [2.45, 2.75) is 13.3 Å². The number of Topliss-reactive ketones (excluding diaryl/α,β-unsaturated/α-hetero) is 1. The van der Waals surface area contributed by atoms with E-state index in [0.717, 1.165) is 0 Å². The van der Waals surface area contributed by atoms with Gasteiger partial charge in [0.2, 0.25) is 0 Å². The van der Waals surface area contributed by atoms with Gasteiger partial charge in [0.1, 0.15) is 17.3 Å². The summed E-state index contributed by atoms with van der Waals surface area (Å²) in [6.45, 7) is 1.51. The molecular formula is C11H13ClO3. The molecule has 3 nitrogen and oxygen atoms in total. The Bertz CT molecular complexity index is 374. The number of carbonyl (C=O) groups excluding carboxylic acids is 1. The van der Waals surface area contributed by atoms with Gasteiger partial charge >= 0.3 is 0 Å². The number of carbonyl (C=O) groups is 1. The van der Waals surface area contributed by atoms with E-state index in [9.17, 15) is 4.79 Å².